The summed E-state index contributed by atoms with van der Waals surface area (Å²) in [6.07, 6.45) is 3.40. The van der Waals surface area contributed by atoms with Gasteiger partial charge in [0.05, 0.1) is 19.6 Å². The molecule has 2 aromatic rings. The minimum absolute atomic E-state index is 0.770. The van der Waals surface area contributed by atoms with Crippen molar-refractivity contribution < 1.29 is 4.74 Å². The molecule has 4 heteroatoms. The zero-order chi connectivity index (χ0) is 10.5. The van der Waals surface area contributed by atoms with E-state index in [1.807, 2.05) is 24.3 Å². The van der Waals surface area contributed by atoms with Gasteiger partial charge in [0.15, 0.2) is 0 Å². The van der Waals surface area contributed by atoms with Crippen LogP contribution >= 0.6 is 0 Å². The Kier molecular flexibility index (Phi) is 2.88. The fourth-order valence-corrected chi connectivity index (χ4v) is 1.29. The van der Waals surface area contributed by atoms with Crippen molar-refractivity contribution in [3.8, 4) is 5.75 Å². The van der Waals surface area contributed by atoms with Crippen LogP contribution in [0.3, 0.4) is 0 Å². The first kappa shape index (κ1) is 9.58. The van der Waals surface area contributed by atoms with E-state index in [-0.39, 0.29) is 0 Å². The first-order valence-electron chi connectivity index (χ1n) is 4.73. The van der Waals surface area contributed by atoms with E-state index >= 15 is 0 Å². The maximum atomic E-state index is 5.08. The Bertz CT molecular complexity index is 394. The lowest BCUT2D eigenvalue weighted by molar-refractivity contribution is 0.414. The number of rotatable bonds is 4. The number of aromatic amines is 1. The summed E-state index contributed by atoms with van der Waals surface area (Å²) in [6.45, 7) is 0.770. The molecule has 78 valence electrons. The van der Waals surface area contributed by atoms with Gasteiger partial charge in [0.25, 0.3) is 0 Å². The quantitative estimate of drug-likeness (QED) is 0.799. The van der Waals surface area contributed by atoms with Gasteiger partial charge in [-0.05, 0) is 17.7 Å². The number of imidazole rings is 1. The normalized spacial score (nSPS) is 9.93. The Labute approximate surface area is 88.3 Å². The highest BCUT2D eigenvalue weighted by molar-refractivity contribution is 5.34. The van der Waals surface area contributed by atoms with Crippen LogP contribution in [0, 0.1) is 0 Å². The van der Waals surface area contributed by atoms with Gasteiger partial charge in [-0.25, -0.2) is 4.98 Å². The molecular weight excluding hydrogens is 190 g/mol. The SMILES string of the molecule is COc1ccc(CNc2cnc[nH]2)cc1. The van der Waals surface area contributed by atoms with Crippen LogP contribution in [0.5, 0.6) is 5.75 Å². The van der Waals surface area contributed by atoms with Crippen molar-refractivity contribution in [2.75, 3.05) is 12.4 Å². The number of benzene rings is 1. The predicted molar refractivity (Wildman–Crippen MR) is 58.9 cm³/mol. The highest BCUT2D eigenvalue weighted by atomic mass is 16.5. The van der Waals surface area contributed by atoms with Crippen LogP contribution in [-0.2, 0) is 6.54 Å². The molecule has 0 amide bonds. The topological polar surface area (TPSA) is 49.9 Å². The van der Waals surface area contributed by atoms with Crippen molar-refractivity contribution >= 4 is 5.82 Å². The van der Waals surface area contributed by atoms with E-state index in [0.29, 0.717) is 0 Å². The van der Waals surface area contributed by atoms with E-state index in [4.69, 9.17) is 4.74 Å². The summed E-state index contributed by atoms with van der Waals surface area (Å²) in [5.41, 5.74) is 1.20. The van der Waals surface area contributed by atoms with Crippen LogP contribution in [0.15, 0.2) is 36.8 Å². The van der Waals surface area contributed by atoms with Crippen molar-refractivity contribution in [1.82, 2.24) is 9.97 Å². The molecule has 1 heterocycles. The number of ether oxygens (including phenoxy) is 1. The smallest absolute Gasteiger partial charge is 0.123 e. The van der Waals surface area contributed by atoms with E-state index < -0.39 is 0 Å². The van der Waals surface area contributed by atoms with Crippen molar-refractivity contribution in [3.05, 3.63) is 42.4 Å². The average Bonchev–Trinajstić information content (AvgIpc) is 2.80. The second kappa shape index (κ2) is 4.50. The van der Waals surface area contributed by atoms with Crippen LogP contribution < -0.4 is 10.1 Å². The Morgan fingerprint density at radius 2 is 2.13 bits per heavy atom. The zero-order valence-electron chi connectivity index (χ0n) is 8.53. The Hall–Kier alpha value is -1.97. The summed E-state index contributed by atoms with van der Waals surface area (Å²) in [5.74, 6) is 1.80. The molecule has 0 bridgehead atoms. The van der Waals surface area contributed by atoms with E-state index in [1.165, 1.54) is 5.56 Å². The molecule has 0 unspecified atom stereocenters. The van der Waals surface area contributed by atoms with Gasteiger partial charge in [0, 0.05) is 6.54 Å². The van der Waals surface area contributed by atoms with Gasteiger partial charge in [0.1, 0.15) is 11.6 Å². The number of aromatic nitrogens is 2. The molecule has 0 atom stereocenters. The fourth-order valence-electron chi connectivity index (χ4n) is 1.29. The van der Waals surface area contributed by atoms with E-state index in [9.17, 15) is 0 Å². The second-order valence-electron chi connectivity index (χ2n) is 3.17. The number of hydrogen-bond acceptors (Lipinski definition) is 3. The molecule has 0 saturated heterocycles. The predicted octanol–water partition coefficient (Wildman–Crippen LogP) is 2.03. The molecule has 0 spiro atoms. The van der Waals surface area contributed by atoms with Crippen molar-refractivity contribution in [2.24, 2.45) is 0 Å². The minimum Gasteiger partial charge on any atom is -0.497 e. The molecular formula is C11H13N3O. The number of anilines is 1. The zero-order valence-corrected chi connectivity index (χ0v) is 8.53. The summed E-state index contributed by atoms with van der Waals surface area (Å²) in [6, 6.07) is 7.96. The summed E-state index contributed by atoms with van der Waals surface area (Å²) >= 11 is 0. The van der Waals surface area contributed by atoms with E-state index in [2.05, 4.69) is 15.3 Å². The highest BCUT2D eigenvalue weighted by Gasteiger charge is 1.95. The Morgan fingerprint density at radius 1 is 1.33 bits per heavy atom. The molecule has 15 heavy (non-hydrogen) atoms. The molecule has 0 aliphatic heterocycles. The van der Waals surface area contributed by atoms with Crippen LogP contribution in [0.2, 0.25) is 0 Å². The van der Waals surface area contributed by atoms with Gasteiger partial charge in [-0.1, -0.05) is 12.1 Å². The third-order valence-electron chi connectivity index (χ3n) is 2.14. The summed E-state index contributed by atoms with van der Waals surface area (Å²) in [5, 5.41) is 3.22. The number of H-pyrrole nitrogens is 1. The van der Waals surface area contributed by atoms with Gasteiger partial charge in [0.2, 0.25) is 0 Å². The maximum Gasteiger partial charge on any atom is 0.123 e. The van der Waals surface area contributed by atoms with Gasteiger partial charge in [-0.3, -0.25) is 0 Å². The van der Waals surface area contributed by atoms with E-state index in [0.717, 1.165) is 18.1 Å². The summed E-state index contributed by atoms with van der Waals surface area (Å²) in [7, 11) is 1.66. The van der Waals surface area contributed by atoms with Crippen LogP contribution in [0.1, 0.15) is 5.56 Å². The third kappa shape index (κ3) is 2.49. The lowest BCUT2D eigenvalue weighted by Gasteiger charge is -2.04. The highest BCUT2D eigenvalue weighted by Crippen LogP contribution is 2.12. The van der Waals surface area contributed by atoms with Crippen LogP contribution in [0.4, 0.5) is 5.82 Å². The molecule has 0 aliphatic rings. The van der Waals surface area contributed by atoms with Crippen molar-refractivity contribution in [2.45, 2.75) is 6.54 Å². The molecule has 0 radical (unpaired) electrons. The first-order valence-corrected chi connectivity index (χ1v) is 4.73. The third-order valence-corrected chi connectivity index (χ3v) is 2.14. The molecule has 0 aliphatic carbocycles. The van der Waals surface area contributed by atoms with Gasteiger partial charge >= 0.3 is 0 Å². The molecule has 4 nitrogen and oxygen atoms in total. The standard InChI is InChI=1S/C11H13N3O/c1-15-10-4-2-9(3-5-10)6-13-11-7-12-8-14-11/h2-5,7-8,13H,6H2,1H3,(H,12,14). The summed E-state index contributed by atoms with van der Waals surface area (Å²) in [4.78, 5) is 6.91. The number of hydrogen-bond donors (Lipinski definition) is 2. The first-order chi connectivity index (χ1) is 7.38. The molecule has 0 saturated carbocycles. The Morgan fingerprint density at radius 3 is 2.73 bits per heavy atom. The van der Waals surface area contributed by atoms with E-state index in [1.54, 1.807) is 19.6 Å². The minimum atomic E-state index is 0.770. The molecule has 1 aromatic carbocycles. The number of methoxy groups -OCH3 is 1. The lowest BCUT2D eigenvalue weighted by atomic mass is 10.2. The van der Waals surface area contributed by atoms with Crippen LogP contribution in [-0.4, -0.2) is 17.1 Å². The van der Waals surface area contributed by atoms with Gasteiger partial charge in [-0.2, -0.15) is 0 Å². The van der Waals surface area contributed by atoms with Crippen molar-refractivity contribution in [3.63, 3.8) is 0 Å². The molecule has 1 aromatic heterocycles. The monoisotopic (exact) mass is 203 g/mol. The maximum absolute atomic E-state index is 5.08. The molecule has 2 rings (SSSR count). The van der Waals surface area contributed by atoms with Gasteiger partial charge < -0.3 is 15.0 Å². The fraction of sp³-hybridized carbons (Fsp3) is 0.182. The van der Waals surface area contributed by atoms with Gasteiger partial charge in [-0.15, -0.1) is 0 Å². The van der Waals surface area contributed by atoms with Crippen LogP contribution in [0.25, 0.3) is 0 Å². The molecule has 2 N–H and O–H groups in total. The second-order valence-corrected chi connectivity index (χ2v) is 3.17. The molecule has 0 fully saturated rings. The lowest BCUT2D eigenvalue weighted by Crippen LogP contribution is -1.99. The number of nitrogens with one attached hydrogen (secondary N) is 2. The Balaban J connectivity index is 1.93. The van der Waals surface area contributed by atoms with Crippen molar-refractivity contribution in [1.29, 1.82) is 0 Å². The largest absolute Gasteiger partial charge is 0.497 e. The number of nitrogens with zero attached hydrogens (tertiary/aromatic N) is 1. The average molecular weight is 203 g/mol. The summed E-state index contributed by atoms with van der Waals surface area (Å²) < 4.78 is 5.08.